The van der Waals surface area contributed by atoms with Gasteiger partial charge in [0.1, 0.15) is 0 Å². The lowest BCUT2D eigenvalue weighted by molar-refractivity contribution is -0.142. The Bertz CT molecular complexity index is 999. The van der Waals surface area contributed by atoms with Crippen molar-refractivity contribution < 1.29 is 32.7 Å². The second kappa shape index (κ2) is 7.68. The third-order valence-corrected chi connectivity index (χ3v) is 7.78. The third-order valence-electron chi connectivity index (χ3n) is 7.78. The molecule has 0 aromatic heterocycles. The Balaban J connectivity index is 1.17. The zero-order valence-corrected chi connectivity index (χ0v) is 17.9. The van der Waals surface area contributed by atoms with Crippen LogP contribution in [-0.4, -0.2) is 52.3 Å². The largest absolute Gasteiger partial charge is 0.416 e. The first-order valence-electron chi connectivity index (χ1n) is 11.3. The Kier molecular flexibility index (Phi) is 5.15. The fourth-order valence-electron chi connectivity index (χ4n) is 5.95. The highest BCUT2D eigenvalue weighted by Crippen LogP contribution is 2.52. The summed E-state index contributed by atoms with van der Waals surface area (Å²) < 4.78 is 39.1. The van der Waals surface area contributed by atoms with E-state index in [0.717, 1.165) is 18.6 Å². The number of imide groups is 1. The minimum Gasteiger partial charge on any atom is -0.385 e. The Morgan fingerprint density at radius 1 is 1.06 bits per heavy atom. The minimum absolute atomic E-state index is 0.00166. The van der Waals surface area contributed by atoms with Gasteiger partial charge in [-0.05, 0) is 48.8 Å². The number of halogens is 3. The van der Waals surface area contributed by atoms with Crippen molar-refractivity contribution in [1.82, 2.24) is 9.80 Å². The molecule has 9 heteroatoms. The minimum atomic E-state index is -4.50. The van der Waals surface area contributed by atoms with Crippen LogP contribution in [-0.2, 0) is 26.2 Å². The summed E-state index contributed by atoms with van der Waals surface area (Å²) in [6, 6.07) is 4.66. The van der Waals surface area contributed by atoms with Gasteiger partial charge in [-0.1, -0.05) is 24.3 Å². The lowest BCUT2D eigenvalue weighted by Gasteiger charge is -2.39. The Labute approximate surface area is 189 Å². The molecule has 0 radical (unpaired) electrons. The molecule has 2 aliphatic heterocycles. The molecule has 4 aliphatic rings. The van der Waals surface area contributed by atoms with Crippen LogP contribution in [0.15, 0.2) is 36.4 Å². The highest BCUT2D eigenvalue weighted by Gasteiger charge is 2.59. The van der Waals surface area contributed by atoms with Crippen LogP contribution in [0, 0.1) is 23.7 Å². The van der Waals surface area contributed by atoms with Gasteiger partial charge in [-0.2, -0.15) is 13.2 Å². The molecule has 0 spiro atoms. The lowest BCUT2D eigenvalue weighted by atomic mass is 9.83. The van der Waals surface area contributed by atoms with Gasteiger partial charge in [-0.15, -0.1) is 0 Å². The molecule has 4 atom stereocenters. The van der Waals surface area contributed by atoms with Crippen LogP contribution >= 0.6 is 0 Å². The van der Waals surface area contributed by atoms with Crippen molar-refractivity contribution in [2.75, 3.05) is 19.6 Å². The van der Waals surface area contributed by atoms with E-state index < -0.39 is 17.3 Å². The molecule has 1 aromatic carbocycles. The summed E-state index contributed by atoms with van der Waals surface area (Å²) in [5, 5.41) is 10.9. The van der Waals surface area contributed by atoms with Crippen molar-refractivity contribution in [2.24, 2.45) is 23.7 Å². The summed E-state index contributed by atoms with van der Waals surface area (Å²) in [6.45, 7) is 0.414. The van der Waals surface area contributed by atoms with E-state index in [1.54, 1.807) is 4.90 Å². The topological polar surface area (TPSA) is 77.9 Å². The molecule has 1 aromatic rings. The predicted molar refractivity (Wildman–Crippen MR) is 110 cm³/mol. The fourth-order valence-corrected chi connectivity index (χ4v) is 5.95. The maximum absolute atomic E-state index is 13.0. The van der Waals surface area contributed by atoms with Crippen LogP contribution in [0.4, 0.5) is 13.2 Å². The number of allylic oxidation sites excluding steroid dienone is 2. The first kappa shape index (κ1) is 22.1. The normalized spacial score (nSPS) is 30.3. The lowest BCUT2D eigenvalue weighted by Crippen LogP contribution is -2.46. The van der Waals surface area contributed by atoms with E-state index in [1.165, 1.54) is 17.0 Å². The molecule has 1 saturated carbocycles. The Hall–Kier alpha value is -2.68. The number of carbonyl (C=O) groups is 3. The Morgan fingerprint density at radius 3 is 2.24 bits per heavy atom. The third kappa shape index (κ3) is 3.66. The zero-order chi connectivity index (χ0) is 23.5. The molecule has 5 rings (SSSR count). The van der Waals surface area contributed by atoms with Crippen molar-refractivity contribution in [1.29, 1.82) is 0 Å². The molecule has 3 fully saturated rings. The molecular formula is C24H25F3N2O4. The number of likely N-dealkylation sites (tertiary alicyclic amines) is 2. The second-order valence-corrected chi connectivity index (χ2v) is 9.57. The van der Waals surface area contributed by atoms with E-state index in [0.29, 0.717) is 0 Å². The number of hydrogen-bond donors (Lipinski definition) is 1. The van der Waals surface area contributed by atoms with E-state index >= 15 is 0 Å². The monoisotopic (exact) mass is 462 g/mol. The molecule has 33 heavy (non-hydrogen) atoms. The van der Waals surface area contributed by atoms with Crippen molar-refractivity contribution in [3.05, 3.63) is 47.5 Å². The van der Waals surface area contributed by atoms with Crippen molar-refractivity contribution >= 4 is 17.7 Å². The molecular weight excluding hydrogens is 437 g/mol. The second-order valence-electron chi connectivity index (χ2n) is 9.57. The standard InChI is InChI=1S/C24H25F3N2O4/c25-24(26,27)17-3-1-2-16(13-17)23(33)7-10-28(11-8-23)18(30)6-9-29-21(31)19-14-4-5-15(12-14)20(19)22(29)32/h1-5,13-15,19-20,33H,6-12H2. The van der Waals surface area contributed by atoms with Crippen molar-refractivity contribution in [3.63, 3.8) is 0 Å². The van der Waals surface area contributed by atoms with Crippen molar-refractivity contribution in [3.8, 4) is 0 Å². The number of rotatable bonds is 4. The molecule has 3 amide bonds. The SMILES string of the molecule is O=C(CCN1C(=O)C2C3C=CC(C3)C2C1=O)N1CCC(O)(c2cccc(C(F)(F)F)c2)CC1. The first-order chi connectivity index (χ1) is 15.6. The molecule has 4 unspecified atom stereocenters. The number of nitrogens with zero attached hydrogens (tertiary/aromatic N) is 2. The summed E-state index contributed by atoms with van der Waals surface area (Å²) in [5.41, 5.74) is -2.07. The van der Waals surface area contributed by atoms with E-state index in [9.17, 15) is 32.7 Å². The van der Waals surface area contributed by atoms with E-state index in [4.69, 9.17) is 0 Å². The molecule has 1 N–H and O–H groups in total. The van der Waals surface area contributed by atoms with Crippen LogP contribution in [0.2, 0.25) is 0 Å². The summed E-state index contributed by atoms with van der Waals surface area (Å²) in [5.74, 6) is -0.958. The van der Waals surface area contributed by atoms with E-state index in [2.05, 4.69) is 0 Å². The molecule has 176 valence electrons. The number of aliphatic hydroxyl groups is 1. The molecule has 2 aliphatic carbocycles. The average Bonchev–Trinajstić information content (AvgIpc) is 3.46. The van der Waals surface area contributed by atoms with Gasteiger partial charge < -0.3 is 10.0 Å². The molecule has 2 heterocycles. The average molecular weight is 462 g/mol. The van der Waals surface area contributed by atoms with Crippen LogP contribution in [0.1, 0.15) is 36.8 Å². The van der Waals surface area contributed by atoms with Crippen LogP contribution in [0.3, 0.4) is 0 Å². The summed E-state index contributed by atoms with van der Waals surface area (Å²) >= 11 is 0. The Morgan fingerprint density at radius 2 is 1.67 bits per heavy atom. The van der Waals surface area contributed by atoms with Gasteiger partial charge in [0, 0.05) is 26.1 Å². The summed E-state index contributed by atoms with van der Waals surface area (Å²) in [4.78, 5) is 41.0. The van der Waals surface area contributed by atoms with E-state index in [-0.39, 0.29) is 85.9 Å². The van der Waals surface area contributed by atoms with Crippen LogP contribution < -0.4 is 0 Å². The molecule has 2 saturated heterocycles. The maximum Gasteiger partial charge on any atom is 0.416 e. The van der Waals surface area contributed by atoms with Crippen LogP contribution in [0.25, 0.3) is 0 Å². The number of piperidine rings is 1. The number of amides is 3. The van der Waals surface area contributed by atoms with Gasteiger partial charge in [-0.3, -0.25) is 19.3 Å². The number of benzene rings is 1. The van der Waals surface area contributed by atoms with Gasteiger partial charge in [0.2, 0.25) is 17.7 Å². The zero-order valence-electron chi connectivity index (χ0n) is 17.9. The number of alkyl halides is 3. The highest BCUT2D eigenvalue weighted by molar-refractivity contribution is 6.06. The van der Waals surface area contributed by atoms with Gasteiger partial charge in [-0.25, -0.2) is 0 Å². The number of carbonyl (C=O) groups excluding carboxylic acids is 3. The number of hydrogen-bond acceptors (Lipinski definition) is 4. The first-order valence-corrected chi connectivity index (χ1v) is 11.3. The van der Waals surface area contributed by atoms with Gasteiger partial charge in [0.15, 0.2) is 0 Å². The van der Waals surface area contributed by atoms with Crippen LogP contribution in [0.5, 0.6) is 0 Å². The van der Waals surface area contributed by atoms with E-state index in [1.807, 2.05) is 12.2 Å². The van der Waals surface area contributed by atoms with Gasteiger partial charge >= 0.3 is 6.18 Å². The quantitative estimate of drug-likeness (QED) is 0.552. The van der Waals surface area contributed by atoms with Crippen molar-refractivity contribution in [2.45, 2.75) is 37.5 Å². The summed E-state index contributed by atoms with van der Waals surface area (Å²) in [7, 11) is 0. The van der Waals surface area contributed by atoms with Gasteiger partial charge in [0.05, 0.1) is 23.0 Å². The summed E-state index contributed by atoms with van der Waals surface area (Å²) in [6.07, 6.45) is 0.614. The number of fused-ring (bicyclic) bond motifs is 5. The van der Waals surface area contributed by atoms with Gasteiger partial charge in [0.25, 0.3) is 0 Å². The highest BCUT2D eigenvalue weighted by atomic mass is 19.4. The maximum atomic E-state index is 13.0. The molecule has 2 bridgehead atoms. The predicted octanol–water partition coefficient (Wildman–Crippen LogP) is 2.71. The smallest absolute Gasteiger partial charge is 0.385 e. The molecule has 6 nitrogen and oxygen atoms in total. The fraction of sp³-hybridized carbons (Fsp3) is 0.542.